The van der Waals surface area contributed by atoms with Gasteiger partial charge in [-0.05, 0) is 63.0 Å². The first kappa shape index (κ1) is 15.2. The van der Waals surface area contributed by atoms with Crippen molar-refractivity contribution in [2.75, 3.05) is 20.6 Å². The second-order valence-electron chi connectivity index (χ2n) is 5.36. The molecular formula is C16H28N2. The lowest BCUT2D eigenvalue weighted by Gasteiger charge is -2.20. The maximum atomic E-state index is 3.46. The van der Waals surface area contributed by atoms with Crippen molar-refractivity contribution in [3.63, 3.8) is 0 Å². The van der Waals surface area contributed by atoms with Crippen LogP contribution in [-0.2, 0) is 0 Å². The van der Waals surface area contributed by atoms with Gasteiger partial charge in [0.05, 0.1) is 0 Å². The Morgan fingerprint density at radius 2 is 1.89 bits per heavy atom. The van der Waals surface area contributed by atoms with Gasteiger partial charge in [0.2, 0.25) is 0 Å². The van der Waals surface area contributed by atoms with Gasteiger partial charge in [-0.15, -0.1) is 0 Å². The van der Waals surface area contributed by atoms with Crippen LogP contribution in [0.1, 0.15) is 55.3 Å². The maximum absolute atomic E-state index is 3.46. The normalized spacial score (nSPS) is 13.0. The van der Waals surface area contributed by atoms with Gasteiger partial charge in [-0.1, -0.05) is 32.0 Å². The number of hydrogen-bond acceptors (Lipinski definition) is 2. The van der Waals surface area contributed by atoms with E-state index >= 15 is 0 Å². The van der Waals surface area contributed by atoms with E-state index in [4.69, 9.17) is 0 Å². The van der Waals surface area contributed by atoms with E-state index in [1.807, 2.05) is 7.05 Å². The van der Waals surface area contributed by atoms with Crippen LogP contribution in [-0.4, -0.2) is 20.6 Å². The van der Waals surface area contributed by atoms with Crippen molar-refractivity contribution in [1.82, 2.24) is 10.6 Å². The van der Waals surface area contributed by atoms with E-state index in [2.05, 4.69) is 56.7 Å². The molecule has 0 aliphatic carbocycles. The van der Waals surface area contributed by atoms with E-state index in [1.165, 1.54) is 29.5 Å². The lowest BCUT2D eigenvalue weighted by molar-refractivity contribution is 0.516. The molecule has 0 radical (unpaired) electrons. The molecule has 0 aromatic heterocycles. The van der Waals surface area contributed by atoms with Crippen LogP contribution in [0.3, 0.4) is 0 Å². The third kappa shape index (κ3) is 4.11. The van der Waals surface area contributed by atoms with Crippen molar-refractivity contribution in [2.45, 2.75) is 45.6 Å². The summed E-state index contributed by atoms with van der Waals surface area (Å²) in [5.41, 5.74) is 4.28. The summed E-state index contributed by atoms with van der Waals surface area (Å²) in [6.45, 7) is 7.80. The molecule has 0 bridgehead atoms. The Labute approximate surface area is 112 Å². The highest BCUT2D eigenvalue weighted by Crippen LogP contribution is 2.25. The lowest BCUT2D eigenvalue weighted by atomic mass is 9.92. The zero-order valence-electron chi connectivity index (χ0n) is 12.5. The summed E-state index contributed by atoms with van der Waals surface area (Å²) in [4.78, 5) is 0. The highest BCUT2D eigenvalue weighted by Gasteiger charge is 2.12. The minimum Gasteiger partial charge on any atom is -0.320 e. The fourth-order valence-corrected chi connectivity index (χ4v) is 2.33. The Bertz CT molecular complexity index is 358. The predicted octanol–water partition coefficient (Wildman–Crippen LogP) is 3.38. The van der Waals surface area contributed by atoms with Crippen molar-refractivity contribution in [3.8, 4) is 0 Å². The third-order valence-corrected chi connectivity index (χ3v) is 3.61. The Balaban J connectivity index is 2.86. The first-order valence-electron chi connectivity index (χ1n) is 7.02. The number of aryl methyl sites for hydroxylation is 1. The van der Waals surface area contributed by atoms with Crippen LogP contribution in [0.2, 0.25) is 0 Å². The second kappa shape index (κ2) is 7.55. The molecule has 1 aromatic rings. The van der Waals surface area contributed by atoms with E-state index in [-0.39, 0.29) is 0 Å². The molecule has 1 atom stereocenters. The molecule has 0 spiro atoms. The van der Waals surface area contributed by atoms with Crippen LogP contribution in [0.5, 0.6) is 0 Å². The molecule has 2 N–H and O–H groups in total. The summed E-state index contributed by atoms with van der Waals surface area (Å²) in [5.74, 6) is 0.596. The van der Waals surface area contributed by atoms with Crippen LogP contribution in [0, 0.1) is 6.92 Å². The second-order valence-corrected chi connectivity index (χ2v) is 5.36. The molecule has 2 heteroatoms. The number of benzene rings is 1. The molecule has 1 aromatic carbocycles. The van der Waals surface area contributed by atoms with Gasteiger partial charge in [-0.3, -0.25) is 0 Å². The van der Waals surface area contributed by atoms with Crippen LogP contribution in [0.4, 0.5) is 0 Å². The summed E-state index contributed by atoms with van der Waals surface area (Å²) in [7, 11) is 4.07. The minimum absolute atomic E-state index is 0.469. The summed E-state index contributed by atoms with van der Waals surface area (Å²) in [5, 5.41) is 6.67. The molecule has 0 aliphatic rings. The van der Waals surface area contributed by atoms with Crippen molar-refractivity contribution in [3.05, 3.63) is 34.9 Å². The third-order valence-electron chi connectivity index (χ3n) is 3.61. The smallest absolute Gasteiger partial charge is 0.0320 e. The van der Waals surface area contributed by atoms with Gasteiger partial charge < -0.3 is 10.6 Å². The first-order valence-corrected chi connectivity index (χ1v) is 7.02. The first-order chi connectivity index (χ1) is 8.60. The van der Waals surface area contributed by atoms with Gasteiger partial charge in [-0.2, -0.15) is 0 Å². The highest BCUT2D eigenvalue weighted by atomic mass is 14.9. The Kier molecular flexibility index (Phi) is 6.37. The molecule has 0 saturated heterocycles. The average molecular weight is 248 g/mol. The van der Waals surface area contributed by atoms with Crippen LogP contribution < -0.4 is 10.6 Å². The summed E-state index contributed by atoms with van der Waals surface area (Å²) >= 11 is 0. The fourth-order valence-electron chi connectivity index (χ4n) is 2.33. The molecular weight excluding hydrogens is 220 g/mol. The minimum atomic E-state index is 0.469. The van der Waals surface area contributed by atoms with Crippen molar-refractivity contribution in [1.29, 1.82) is 0 Å². The van der Waals surface area contributed by atoms with Crippen LogP contribution in [0.25, 0.3) is 0 Å². The molecule has 18 heavy (non-hydrogen) atoms. The predicted molar refractivity (Wildman–Crippen MR) is 80.2 cm³/mol. The van der Waals surface area contributed by atoms with Gasteiger partial charge in [0, 0.05) is 6.04 Å². The zero-order valence-corrected chi connectivity index (χ0v) is 12.5. The summed E-state index contributed by atoms with van der Waals surface area (Å²) in [6, 6.07) is 7.36. The van der Waals surface area contributed by atoms with Gasteiger partial charge in [-0.25, -0.2) is 0 Å². The van der Waals surface area contributed by atoms with Crippen molar-refractivity contribution < 1.29 is 0 Å². The monoisotopic (exact) mass is 248 g/mol. The molecule has 0 fully saturated rings. The largest absolute Gasteiger partial charge is 0.320 e. The molecule has 1 unspecified atom stereocenters. The number of hydrogen-bond donors (Lipinski definition) is 2. The molecule has 0 heterocycles. The topological polar surface area (TPSA) is 24.1 Å². The van der Waals surface area contributed by atoms with Crippen LogP contribution in [0.15, 0.2) is 18.2 Å². The highest BCUT2D eigenvalue weighted by molar-refractivity contribution is 5.34. The summed E-state index contributed by atoms with van der Waals surface area (Å²) < 4.78 is 0. The average Bonchev–Trinajstić information content (AvgIpc) is 2.35. The van der Waals surface area contributed by atoms with E-state index in [9.17, 15) is 0 Å². The molecule has 0 amide bonds. The summed E-state index contributed by atoms with van der Waals surface area (Å²) in [6.07, 6.45) is 2.38. The van der Waals surface area contributed by atoms with Gasteiger partial charge in [0.1, 0.15) is 0 Å². The van der Waals surface area contributed by atoms with Crippen LogP contribution >= 0.6 is 0 Å². The SMILES string of the molecule is CNCCCC(NC)c1cc(C(C)C)ccc1C. The molecule has 0 saturated carbocycles. The molecule has 1 rings (SSSR count). The van der Waals surface area contributed by atoms with Gasteiger partial charge in [0.25, 0.3) is 0 Å². The van der Waals surface area contributed by atoms with E-state index in [0.717, 1.165) is 6.54 Å². The van der Waals surface area contributed by atoms with Gasteiger partial charge >= 0.3 is 0 Å². The lowest BCUT2D eigenvalue weighted by Crippen LogP contribution is -2.19. The van der Waals surface area contributed by atoms with Crippen molar-refractivity contribution in [2.24, 2.45) is 0 Å². The Morgan fingerprint density at radius 3 is 2.44 bits per heavy atom. The Morgan fingerprint density at radius 1 is 1.17 bits per heavy atom. The van der Waals surface area contributed by atoms with Gasteiger partial charge in [0.15, 0.2) is 0 Å². The van der Waals surface area contributed by atoms with E-state index in [0.29, 0.717) is 12.0 Å². The zero-order chi connectivity index (χ0) is 13.5. The number of rotatable bonds is 7. The van der Waals surface area contributed by atoms with E-state index in [1.54, 1.807) is 0 Å². The quantitative estimate of drug-likeness (QED) is 0.723. The van der Waals surface area contributed by atoms with E-state index < -0.39 is 0 Å². The Hall–Kier alpha value is -0.860. The fraction of sp³-hybridized carbons (Fsp3) is 0.625. The molecule has 0 aliphatic heterocycles. The standard InChI is InChI=1S/C16H28N2/c1-12(2)14-9-8-13(3)15(11-14)16(18-5)7-6-10-17-4/h8-9,11-12,16-18H,6-7,10H2,1-5H3. The van der Waals surface area contributed by atoms with Crippen molar-refractivity contribution >= 4 is 0 Å². The molecule has 102 valence electrons. The maximum Gasteiger partial charge on any atom is 0.0320 e. The molecule has 2 nitrogen and oxygen atoms in total. The number of nitrogens with one attached hydrogen (secondary N) is 2.